The Labute approximate surface area is 98.8 Å². The molecule has 1 aromatic rings. The molecule has 0 aliphatic heterocycles. The van der Waals surface area contributed by atoms with Crippen molar-refractivity contribution < 1.29 is 4.92 Å². The third-order valence-electron chi connectivity index (χ3n) is 1.87. The monoisotopic (exact) mass is 243 g/mol. The Bertz CT molecular complexity index is 314. The first-order chi connectivity index (χ1) is 7.24. The van der Waals surface area contributed by atoms with E-state index < -0.39 is 0 Å². The molecule has 5 heteroatoms. The van der Waals surface area contributed by atoms with Gasteiger partial charge in [0.1, 0.15) is 0 Å². The second kappa shape index (κ2) is 6.74. The molecular formula is C10H13NO2S2. The van der Waals surface area contributed by atoms with Crippen molar-refractivity contribution in [1.29, 1.82) is 0 Å². The fraction of sp³-hybridized carbons (Fsp3) is 0.400. The summed E-state index contributed by atoms with van der Waals surface area (Å²) in [6.45, 7) is 0. The van der Waals surface area contributed by atoms with Crippen molar-refractivity contribution in [3.05, 3.63) is 34.4 Å². The number of hydrogen-bond acceptors (Lipinski definition) is 4. The molecule has 0 spiro atoms. The second-order valence-corrected chi connectivity index (χ2v) is 4.65. The van der Waals surface area contributed by atoms with E-state index in [0.717, 1.165) is 29.2 Å². The minimum Gasteiger partial charge on any atom is -0.258 e. The van der Waals surface area contributed by atoms with E-state index in [1.54, 1.807) is 36.0 Å². The number of unbranched alkanes of at least 4 members (excludes halogenated alkanes) is 1. The topological polar surface area (TPSA) is 43.1 Å². The van der Waals surface area contributed by atoms with Gasteiger partial charge >= 0.3 is 0 Å². The molecule has 0 heterocycles. The predicted molar refractivity (Wildman–Crippen MR) is 66.9 cm³/mol. The van der Waals surface area contributed by atoms with Gasteiger partial charge in [0.25, 0.3) is 5.69 Å². The number of rotatable bonds is 6. The maximum absolute atomic E-state index is 10.4. The van der Waals surface area contributed by atoms with Crippen LogP contribution < -0.4 is 0 Å². The molecule has 0 fully saturated rings. The lowest BCUT2D eigenvalue weighted by Crippen LogP contribution is -1.87. The van der Waals surface area contributed by atoms with Gasteiger partial charge in [-0.2, -0.15) is 12.6 Å². The van der Waals surface area contributed by atoms with Crippen LogP contribution in [0.3, 0.4) is 0 Å². The van der Waals surface area contributed by atoms with E-state index in [1.807, 2.05) is 0 Å². The summed E-state index contributed by atoms with van der Waals surface area (Å²) in [5, 5.41) is 10.4. The molecule has 0 unspecified atom stereocenters. The van der Waals surface area contributed by atoms with Gasteiger partial charge in [0.15, 0.2) is 0 Å². The maximum atomic E-state index is 10.4. The lowest BCUT2D eigenvalue weighted by atomic mass is 10.3. The lowest BCUT2D eigenvalue weighted by molar-refractivity contribution is -0.384. The molecular weight excluding hydrogens is 230 g/mol. The highest BCUT2D eigenvalue weighted by molar-refractivity contribution is 7.99. The summed E-state index contributed by atoms with van der Waals surface area (Å²) in [6.07, 6.45) is 2.24. The van der Waals surface area contributed by atoms with Crippen molar-refractivity contribution in [3.8, 4) is 0 Å². The summed E-state index contributed by atoms with van der Waals surface area (Å²) >= 11 is 5.86. The summed E-state index contributed by atoms with van der Waals surface area (Å²) in [4.78, 5) is 11.1. The van der Waals surface area contributed by atoms with Crippen LogP contribution in [0.4, 0.5) is 5.69 Å². The third kappa shape index (κ3) is 4.57. The normalized spacial score (nSPS) is 10.2. The average Bonchev–Trinajstić information content (AvgIpc) is 2.25. The summed E-state index contributed by atoms with van der Waals surface area (Å²) in [5.74, 6) is 1.96. The average molecular weight is 243 g/mol. The van der Waals surface area contributed by atoms with Crippen molar-refractivity contribution in [1.82, 2.24) is 0 Å². The maximum Gasteiger partial charge on any atom is 0.269 e. The van der Waals surface area contributed by atoms with Gasteiger partial charge in [0.2, 0.25) is 0 Å². The zero-order valence-corrected chi connectivity index (χ0v) is 9.97. The Morgan fingerprint density at radius 1 is 1.27 bits per heavy atom. The standard InChI is InChI=1S/C10H13NO2S2/c12-11(13)9-3-5-10(6-4-9)15-8-2-1-7-14/h3-6,14H,1-2,7-8H2. The quantitative estimate of drug-likeness (QED) is 0.274. The molecule has 0 aliphatic rings. The second-order valence-electron chi connectivity index (χ2n) is 3.03. The minimum atomic E-state index is -0.380. The molecule has 1 rings (SSSR count). The Hall–Kier alpha value is -0.680. The molecule has 0 aromatic heterocycles. The first-order valence-electron chi connectivity index (χ1n) is 4.72. The Morgan fingerprint density at radius 3 is 2.47 bits per heavy atom. The van der Waals surface area contributed by atoms with E-state index in [2.05, 4.69) is 12.6 Å². The van der Waals surface area contributed by atoms with Crippen molar-refractivity contribution >= 4 is 30.1 Å². The van der Waals surface area contributed by atoms with E-state index in [1.165, 1.54) is 0 Å². The summed E-state index contributed by atoms with van der Waals surface area (Å²) < 4.78 is 0. The third-order valence-corrected chi connectivity index (χ3v) is 3.28. The van der Waals surface area contributed by atoms with Crippen LogP contribution in [0, 0.1) is 10.1 Å². The zero-order valence-electron chi connectivity index (χ0n) is 8.26. The Balaban J connectivity index is 2.39. The Kier molecular flexibility index (Phi) is 5.57. The zero-order chi connectivity index (χ0) is 11.1. The summed E-state index contributed by atoms with van der Waals surface area (Å²) in [7, 11) is 0. The fourth-order valence-corrected chi connectivity index (χ4v) is 2.20. The van der Waals surface area contributed by atoms with Gasteiger partial charge in [-0.1, -0.05) is 0 Å². The van der Waals surface area contributed by atoms with Crippen LogP contribution in [0.1, 0.15) is 12.8 Å². The molecule has 0 saturated carbocycles. The molecule has 82 valence electrons. The van der Waals surface area contributed by atoms with E-state index in [9.17, 15) is 10.1 Å². The SMILES string of the molecule is O=[N+]([O-])c1ccc(SCCCCS)cc1. The molecule has 3 nitrogen and oxygen atoms in total. The first kappa shape index (κ1) is 12.4. The number of nitrogens with zero attached hydrogens (tertiary/aromatic N) is 1. The number of benzene rings is 1. The van der Waals surface area contributed by atoms with E-state index >= 15 is 0 Å². The van der Waals surface area contributed by atoms with Gasteiger partial charge in [-0.05, 0) is 36.5 Å². The molecule has 1 aromatic carbocycles. The number of non-ortho nitro benzene ring substituents is 1. The highest BCUT2D eigenvalue weighted by Crippen LogP contribution is 2.22. The Morgan fingerprint density at radius 2 is 1.93 bits per heavy atom. The van der Waals surface area contributed by atoms with Crippen molar-refractivity contribution in [3.63, 3.8) is 0 Å². The summed E-state index contributed by atoms with van der Waals surface area (Å²) in [6, 6.07) is 6.68. The van der Waals surface area contributed by atoms with Crippen LogP contribution in [0.25, 0.3) is 0 Å². The van der Waals surface area contributed by atoms with Crippen molar-refractivity contribution in [2.24, 2.45) is 0 Å². The highest BCUT2D eigenvalue weighted by atomic mass is 32.2. The van der Waals surface area contributed by atoms with Crippen molar-refractivity contribution in [2.75, 3.05) is 11.5 Å². The van der Waals surface area contributed by atoms with Gasteiger partial charge in [-0.25, -0.2) is 0 Å². The van der Waals surface area contributed by atoms with Gasteiger partial charge in [0.05, 0.1) is 4.92 Å². The van der Waals surface area contributed by atoms with Crippen LogP contribution in [0.2, 0.25) is 0 Å². The number of nitro benzene ring substituents is 1. The van der Waals surface area contributed by atoms with Gasteiger partial charge < -0.3 is 0 Å². The van der Waals surface area contributed by atoms with Crippen LogP contribution in [-0.4, -0.2) is 16.4 Å². The minimum absolute atomic E-state index is 0.148. The fourth-order valence-electron chi connectivity index (χ4n) is 1.07. The largest absolute Gasteiger partial charge is 0.269 e. The number of thioether (sulfide) groups is 1. The number of hydrogen-bond donors (Lipinski definition) is 1. The lowest BCUT2D eigenvalue weighted by Gasteiger charge is -2.00. The number of thiol groups is 1. The molecule has 0 radical (unpaired) electrons. The van der Waals surface area contributed by atoms with Gasteiger partial charge in [-0.3, -0.25) is 10.1 Å². The van der Waals surface area contributed by atoms with Gasteiger partial charge in [0, 0.05) is 17.0 Å². The van der Waals surface area contributed by atoms with Crippen LogP contribution in [0.5, 0.6) is 0 Å². The first-order valence-corrected chi connectivity index (χ1v) is 6.34. The van der Waals surface area contributed by atoms with E-state index in [4.69, 9.17) is 0 Å². The molecule has 0 aliphatic carbocycles. The molecule has 0 amide bonds. The highest BCUT2D eigenvalue weighted by Gasteiger charge is 2.03. The molecule has 15 heavy (non-hydrogen) atoms. The molecule has 0 saturated heterocycles. The number of nitro groups is 1. The van der Waals surface area contributed by atoms with E-state index in [-0.39, 0.29) is 10.6 Å². The van der Waals surface area contributed by atoms with Gasteiger partial charge in [-0.15, -0.1) is 11.8 Å². The molecule has 0 N–H and O–H groups in total. The predicted octanol–water partition coefficient (Wildman–Crippen LogP) is 3.40. The van der Waals surface area contributed by atoms with E-state index in [0.29, 0.717) is 0 Å². The smallest absolute Gasteiger partial charge is 0.258 e. The van der Waals surface area contributed by atoms with Crippen LogP contribution in [0.15, 0.2) is 29.2 Å². The van der Waals surface area contributed by atoms with Crippen molar-refractivity contribution in [2.45, 2.75) is 17.7 Å². The van der Waals surface area contributed by atoms with Crippen LogP contribution >= 0.6 is 24.4 Å². The summed E-state index contributed by atoms with van der Waals surface area (Å²) in [5.41, 5.74) is 0.148. The molecule has 0 atom stereocenters. The molecule has 0 bridgehead atoms. The van der Waals surface area contributed by atoms with Crippen LogP contribution in [-0.2, 0) is 0 Å².